The van der Waals surface area contributed by atoms with Crippen LogP contribution in [0.15, 0.2) is 12.2 Å². The normalized spacial score (nSPS) is 17.1. The Kier molecular flexibility index (Phi) is 6.43. The van der Waals surface area contributed by atoms with Crippen LogP contribution in [0, 0.1) is 0 Å². The molecular formula is C13H22N2O3. The van der Waals surface area contributed by atoms with Crippen LogP contribution in [-0.2, 0) is 14.3 Å². The maximum absolute atomic E-state index is 11.9. The van der Waals surface area contributed by atoms with Gasteiger partial charge in [0.2, 0.25) is 5.91 Å². The zero-order valence-electron chi connectivity index (χ0n) is 11.1. The molecule has 1 aliphatic heterocycles. The Labute approximate surface area is 108 Å². The molecule has 0 saturated carbocycles. The van der Waals surface area contributed by atoms with E-state index in [0.29, 0.717) is 13.2 Å². The van der Waals surface area contributed by atoms with E-state index in [2.05, 4.69) is 5.32 Å². The molecule has 18 heavy (non-hydrogen) atoms. The van der Waals surface area contributed by atoms with Crippen LogP contribution in [0.25, 0.3) is 0 Å². The molecule has 1 saturated heterocycles. The molecule has 102 valence electrons. The molecule has 0 aromatic heterocycles. The summed E-state index contributed by atoms with van der Waals surface area (Å²) in [5.74, 6) is -0.213. The Morgan fingerprint density at radius 1 is 1.39 bits per heavy atom. The van der Waals surface area contributed by atoms with Gasteiger partial charge in [-0.05, 0) is 26.7 Å². The molecule has 1 atom stereocenters. The van der Waals surface area contributed by atoms with Crippen LogP contribution in [0.3, 0.4) is 0 Å². The molecule has 1 N–H and O–H groups in total. The van der Waals surface area contributed by atoms with E-state index < -0.39 is 0 Å². The summed E-state index contributed by atoms with van der Waals surface area (Å²) < 4.78 is 4.75. The summed E-state index contributed by atoms with van der Waals surface area (Å²) in [6.45, 7) is 6.20. The summed E-state index contributed by atoms with van der Waals surface area (Å²) in [7, 11) is 0. The van der Waals surface area contributed by atoms with Gasteiger partial charge in [0.05, 0.1) is 12.6 Å². The van der Waals surface area contributed by atoms with Gasteiger partial charge in [0.15, 0.2) is 0 Å². The van der Waals surface area contributed by atoms with Gasteiger partial charge in [-0.3, -0.25) is 4.79 Å². The summed E-state index contributed by atoms with van der Waals surface area (Å²) in [6, 6.07) is -0.213. The summed E-state index contributed by atoms with van der Waals surface area (Å²) >= 11 is 0. The van der Waals surface area contributed by atoms with Gasteiger partial charge in [0, 0.05) is 25.7 Å². The third-order valence-corrected chi connectivity index (χ3v) is 2.87. The first-order valence-corrected chi connectivity index (χ1v) is 6.50. The first kappa shape index (κ1) is 14.7. The molecule has 0 aliphatic carbocycles. The number of ether oxygens (including phenoxy) is 1. The molecule has 5 heteroatoms. The van der Waals surface area contributed by atoms with Crippen molar-refractivity contribution in [1.82, 2.24) is 10.2 Å². The van der Waals surface area contributed by atoms with Gasteiger partial charge in [-0.2, -0.15) is 0 Å². The number of esters is 1. The fourth-order valence-electron chi connectivity index (χ4n) is 1.89. The molecule has 1 unspecified atom stereocenters. The summed E-state index contributed by atoms with van der Waals surface area (Å²) in [5.41, 5.74) is 0. The van der Waals surface area contributed by atoms with Crippen molar-refractivity contribution in [2.24, 2.45) is 0 Å². The number of rotatable bonds is 6. The molecule has 1 fully saturated rings. The van der Waals surface area contributed by atoms with Crippen LogP contribution >= 0.6 is 0 Å². The average Bonchev–Trinajstić information content (AvgIpc) is 2.87. The molecule has 5 nitrogen and oxygen atoms in total. The van der Waals surface area contributed by atoms with Gasteiger partial charge in [-0.1, -0.05) is 6.08 Å². The van der Waals surface area contributed by atoms with E-state index in [-0.39, 0.29) is 17.9 Å². The van der Waals surface area contributed by atoms with Crippen LogP contribution in [0.2, 0.25) is 0 Å². The maximum Gasteiger partial charge on any atom is 0.330 e. The second-order valence-electron chi connectivity index (χ2n) is 4.32. The van der Waals surface area contributed by atoms with Gasteiger partial charge >= 0.3 is 5.97 Å². The van der Waals surface area contributed by atoms with Crippen LogP contribution in [-0.4, -0.2) is 49.1 Å². The summed E-state index contributed by atoms with van der Waals surface area (Å²) in [5, 5.41) is 3.07. The van der Waals surface area contributed by atoms with Crippen molar-refractivity contribution >= 4 is 11.9 Å². The molecule has 0 aromatic rings. The van der Waals surface area contributed by atoms with Crippen molar-refractivity contribution in [3.05, 3.63) is 12.2 Å². The molecule has 1 rings (SSSR count). The van der Waals surface area contributed by atoms with E-state index in [0.717, 1.165) is 25.9 Å². The maximum atomic E-state index is 11.9. The summed E-state index contributed by atoms with van der Waals surface area (Å²) in [6.07, 6.45) is 5.25. The second-order valence-corrected chi connectivity index (χ2v) is 4.32. The lowest BCUT2D eigenvalue weighted by Crippen LogP contribution is -2.43. The van der Waals surface area contributed by atoms with E-state index >= 15 is 0 Å². The zero-order chi connectivity index (χ0) is 13.4. The lowest BCUT2D eigenvalue weighted by Gasteiger charge is -2.20. The molecular weight excluding hydrogens is 232 g/mol. The van der Waals surface area contributed by atoms with Gasteiger partial charge in [-0.25, -0.2) is 4.79 Å². The minimum atomic E-state index is -0.349. The Morgan fingerprint density at radius 3 is 2.67 bits per heavy atom. The molecule has 0 spiro atoms. The van der Waals surface area contributed by atoms with Gasteiger partial charge < -0.3 is 15.0 Å². The van der Waals surface area contributed by atoms with Crippen molar-refractivity contribution in [1.29, 1.82) is 0 Å². The zero-order valence-corrected chi connectivity index (χ0v) is 11.1. The van der Waals surface area contributed by atoms with Crippen LogP contribution in [0.4, 0.5) is 0 Å². The number of carbonyl (C=O) groups excluding carboxylic acids is 2. The predicted molar refractivity (Wildman–Crippen MR) is 69.1 cm³/mol. The van der Waals surface area contributed by atoms with Crippen molar-refractivity contribution < 1.29 is 14.3 Å². The smallest absolute Gasteiger partial charge is 0.330 e. The van der Waals surface area contributed by atoms with E-state index in [4.69, 9.17) is 4.74 Å². The SMILES string of the molecule is CCOC(=O)/C=C/CNC(C)C(=O)N1CCCC1. The number of carbonyl (C=O) groups is 2. The lowest BCUT2D eigenvalue weighted by atomic mass is 10.3. The number of likely N-dealkylation sites (tertiary alicyclic amines) is 1. The summed E-state index contributed by atoms with van der Waals surface area (Å²) in [4.78, 5) is 24.8. The number of hydrogen-bond acceptors (Lipinski definition) is 4. The van der Waals surface area contributed by atoms with E-state index in [9.17, 15) is 9.59 Å². The Morgan fingerprint density at radius 2 is 2.06 bits per heavy atom. The first-order valence-electron chi connectivity index (χ1n) is 6.50. The van der Waals surface area contributed by atoms with E-state index in [1.807, 2.05) is 11.8 Å². The Hall–Kier alpha value is -1.36. The highest BCUT2D eigenvalue weighted by Gasteiger charge is 2.22. The van der Waals surface area contributed by atoms with Gasteiger partial charge in [0.1, 0.15) is 0 Å². The fourth-order valence-corrected chi connectivity index (χ4v) is 1.89. The number of nitrogens with one attached hydrogen (secondary N) is 1. The quantitative estimate of drug-likeness (QED) is 0.560. The van der Waals surface area contributed by atoms with Crippen molar-refractivity contribution in [3.8, 4) is 0 Å². The Bertz CT molecular complexity index is 309. The van der Waals surface area contributed by atoms with Gasteiger partial charge in [-0.15, -0.1) is 0 Å². The Balaban J connectivity index is 2.21. The minimum absolute atomic E-state index is 0.136. The standard InChI is InChI=1S/C13H22N2O3/c1-3-18-12(16)7-6-8-14-11(2)13(17)15-9-4-5-10-15/h6-7,11,14H,3-5,8-10H2,1-2H3/b7-6+. The molecule has 1 amide bonds. The second kappa shape index (κ2) is 7.87. The predicted octanol–water partition coefficient (Wildman–Crippen LogP) is 0.706. The monoisotopic (exact) mass is 254 g/mol. The number of hydrogen-bond donors (Lipinski definition) is 1. The van der Waals surface area contributed by atoms with E-state index in [1.54, 1.807) is 13.0 Å². The van der Waals surface area contributed by atoms with E-state index in [1.165, 1.54) is 6.08 Å². The molecule has 0 aromatic carbocycles. The molecule has 0 bridgehead atoms. The van der Waals surface area contributed by atoms with Crippen molar-refractivity contribution in [2.45, 2.75) is 32.7 Å². The third-order valence-electron chi connectivity index (χ3n) is 2.87. The first-order chi connectivity index (χ1) is 8.65. The lowest BCUT2D eigenvalue weighted by molar-refractivity contribution is -0.137. The number of nitrogens with zero attached hydrogens (tertiary/aromatic N) is 1. The topological polar surface area (TPSA) is 58.6 Å². The largest absolute Gasteiger partial charge is 0.463 e. The van der Waals surface area contributed by atoms with Gasteiger partial charge in [0.25, 0.3) is 0 Å². The average molecular weight is 254 g/mol. The molecule has 0 radical (unpaired) electrons. The minimum Gasteiger partial charge on any atom is -0.463 e. The molecule has 1 aliphatic rings. The number of amides is 1. The highest BCUT2D eigenvalue weighted by molar-refractivity contribution is 5.82. The fraction of sp³-hybridized carbons (Fsp3) is 0.692. The highest BCUT2D eigenvalue weighted by Crippen LogP contribution is 2.08. The van der Waals surface area contributed by atoms with Crippen molar-refractivity contribution in [2.75, 3.05) is 26.2 Å². The van der Waals surface area contributed by atoms with Crippen LogP contribution < -0.4 is 5.32 Å². The van der Waals surface area contributed by atoms with Crippen molar-refractivity contribution in [3.63, 3.8) is 0 Å². The van der Waals surface area contributed by atoms with Crippen LogP contribution in [0.5, 0.6) is 0 Å². The highest BCUT2D eigenvalue weighted by atomic mass is 16.5. The van der Waals surface area contributed by atoms with Crippen LogP contribution in [0.1, 0.15) is 26.7 Å². The molecule has 1 heterocycles. The third kappa shape index (κ3) is 4.87.